The molecule has 0 aliphatic carbocycles. The molecule has 6 heteroatoms. The van der Waals surface area contributed by atoms with Crippen LogP contribution in [0.1, 0.15) is 24.2 Å². The Labute approximate surface area is 137 Å². The van der Waals surface area contributed by atoms with Crippen molar-refractivity contribution in [3.63, 3.8) is 0 Å². The van der Waals surface area contributed by atoms with Crippen molar-refractivity contribution in [1.29, 1.82) is 0 Å². The largest absolute Gasteiger partial charge is 0.465 e. The molecule has 1 aromatic rings. The number of rotatable bonds is 4. The first kappa shape index (κ1) is 17.3. The van der Waals surface area contributed by atoms with E-state index < -0.39 is 0 Å². The number of benzene rings is 1. The predicted octanol–water partition coefficient (Wildman–Crippen LogP) is 2.28. The summed E-state index contributed by atoms with van der Waals surface area (Å²) >= 11 is 0. The van der Waals surface area contributed by atoms with Crippen LogP contribution in [0.4, 0.5) is 10.5 Å². The Morgan fingerprint density at radius 2 is 1.74 bits per heavy atom. The molecule has 0 unspecified atom stereocenters. The summed E-state index contributed by atoms with van der Waals surface area (Å²) in [5.74, 6) is 0.257. The fourth-order valence-corrected chi connectivity index (χ4v) is 2.66. The minimum Gasteiger partial charge on any atom is -0.465 e. The fourth-order valence-electron chi connectivity index (χ4n) is 2.66. The monoisotopic (exact) mass is 319 g/mol. The number of piperazine rings is 1. The Hall–Kier alpha value is -2.08. The lowest BCUT2D eigenvalue weighted by Gasteiger charge is -2.35. The molecule has 1 saturated heterocycles. The highest BCUT2D eigenvalue weighted by Crippen LogP contribution is 2.12. The van der Waals surface area contributed by atoms with Gasteiger partial charge in [0.25, 0.3) is 0 Å². The van der Waals surface area contributed by atoms with Crippen LogP contribution in [0.3, 0.4) is 0 Å². The number of methoxy groups -OCH3 is 1. The average molecular weight is 319 g/mol. The van der Waals surface area contributed by atoms with Crippen LogP contribution in [0.2, 0.25) is 0 Å². The standard InChI is InChI=1S/C17H25N3O3/c1-13(2)12-19-8-10-20(11-9-19)17(22)18-15-6-4-14(5-7-15)16(21)23-3/h4-7,13H,8-12H2,1-3H3,(H,18,22). The lowest BCUT2D eigenvalue weighted by molar-refractivity contribution is 0.0600. The van der Waals surface area contributed by atoms with Gasteiger partial charge < -0.3 is 15.0 Å². The fraction of sp³-hybridized carbons (Fsp3) is 0.529. The maximum atomic E-state index is 12.3. The van der Waals surface area contributed by atoms with E-state index in [0.717, 1.165) is 32.7 Å². The van der Waals surface area contributed by atoms with Gasteiger partial charge in [-0.25, -0.2) is 9.59 Å². The highest BCUT2D eigenvalue weighted by Gasteiger charge is 2.21. The van der Waals surface area contributed by atoms with Gasteiger partial charge in [-0.3, -0.25) is 4.90 Å². The van der Waals surface area contributed by atoms with Crippen LogP contribution in [-0.2, 0) is 4.74 Å². The number of amides is 2. The van der Waals surface area contributed by atoms with Crippen LogP contribution in [0, 0.1) is 5.92 Å². The number of ether oxygens (including phenoxy) is 1. The molecule has 1 N–H and O–H groups in total. The number of nitrogens with zero attached hydrogens (tertiary/aromatic N) is 2. The first-order valence-corrected chi connectivity index (χ1v) is 7.96. The smallest absolute Gasteiger partial charge is 0.337 e. The molecule has 1 aromatic carbocycles. The van der Waals surface area contributed by atoms with Gasteiger partial charge in [0.2, 0.25) is 0 Å². The van der Waals surface area contributed by atoms with E-state index in [4.69, 9.17) is 0 Å². The Morgan fingerprint density at radius 3 is 2.26 bits per heavy atom. The van der Waals surface area contributed by atoms with Crippen LogP contribution in [0.25, 0.3) is 0 Å². The van der Waals surface area contributed by atoms with Gasteiger partial charge in [0, 0.05) is 38.4 Å². The number of hydrogen-bond donors (Lipinski definition) is 1. The quantitative estimate of drug-likeness (QED) is 0.865. The van der Waals surface area contributed by atoms with Crippen LogP contribution in [0.15, 0.2) is 24.3 Å². The Bertz CT molecular complexity index is 535. The zero-order valence-corrected chi connectivity index (χ0v) is 14.0. The molecule has 0 saturated carbocycles. The normalized spacial score (nSPS) is 15.6. The van der Waals surface area contributed by atoms with Gasteiger partial charge in [-0.1, -0.05) is 13.8 Å². The van der Waals surface area contributed by atoms with E-state index in [1.54, 1.807) is 24.3 Å². The maximum Gasteiger partial charge on any atom is 0.337 e. The summed E-state index contributed by atoms with van der Waals surface area (Å²) < 4.78 is 4.65. The van der Waals surface area contributed by atoms with Crippen molar-refractivity contribution >= 4 is 17.7 Å². The van der Waals surface area contributed by atoms with Crippen molar-refractivity contribution in [2.45, 2.75) is 13.8 Å². The van der Waals surface area contributed by atoms with Crippen molar-refractivity contribution in [3.8, 4) is 0 Å². The van der Waals surface area contributed by atoms with Gasteiger partial charge in [0.05, 0.1) is 12.7 Å². The van der Waals surface area contributed by atoms with E-state index in [9.17, 15) is 9.59 Å². The van der Waals surface area contributed by atoms with Gasteiger partial charge in [-0.05, 0) is 30.2 Å². The topological polar surface area (TPSA) is 61.9 Å². The number of hydrogen-bond acceptors (Lipinski definition) is 4. The molecule has 0 radical (unpaired) electrons. The molecule has 1 fully saturated rings. The first-order chi connectivity index (χ1) is 11.0. The van der Waals surface area contributed by atoms with E-state index in [2.05, 4.69) is 28.8 Å². The number of esters is 1. The summed E-state index contributed by atoms with van der Waals surface area (Å²) in [6, 6.07) is 6.60. The summed E-state index contributed by atoms with van der Waals surface area (Å²) in [4.78, 5) is 27.9. The van der Waals surface area contributed by atoms with E-state index in [1.165, 1.54) is 7.11 Å². The Balaban J connectivity index is 1.84. The number of urea groups is 1. The molecule has 2 amide bonds. The average Bonchev–Trinajstić information content (AvgIpc) is 2.55. The molecule has 0 atom stereocenters. The molecule has 1 heterocycles. The van der Waals surface area contributed by atoms with E-state index in [1.807, 2.05) is 4.90 Å². The first-order valence-electron chi connectivity index (χ1n) is 7.96. The predicted molar refractivity (Wildman–Crippen MR) is 89.7 cm³/mol. The van der Waals surface area contributed by atoms with Crippen molar-refractivity contribution in [1.82, 2.24) is 9.80 Å². The molecule has 6 nitrogen and oxygen atoms in total. The second kappa shape index (κ2) is 7.97. The third kappa shape index (κ3) is 4.96. The molecule has 1 aliphatic heterocycles. The molecule has 1 aliphatic rings. The van der Waals surface area contributed by atoms with Crippen LogP contribution >= 0.6 is 0 Å². The minimum atomic E-state index is -0.385. The van der Waals surface area contributed by atoms with Crippen molar-refractivity contribution < 1.29 is 14.3 Å². The highest BCUT2D eigenvalue weighted by atomic mass is 16.5. The van der Waals surface area contributed by atoms with E-state index in [0.29, 0.717) is 17.2 Å². The molecule has 0 aromatic heterocycles. The molecule has 0 bridgehead atoms. The van der Waals surface area contributed by atoms with Gasteiger partial charge in [-0.2, -0.15) is 0 Å². The lowest BCUT2D eigenvalue weighted by atomic mass is 10.2. The zero-order chi connectivity index (χ0) is 16.8. The van der Waals surface area contributed by atoms with Gasteiger partial charge in [0.1, 0.15) is 0 Å². The maximum absolute atomic E-state index is 12.3. The van der Waals surface area contributed by atoms with Crippen LogP contribution in [-0.4, -0.2) is 61.6 Å². The molecule has 2 rings (SSSR count). The van der Waals surface area contributed by atoms with Crippen LogP contribution in [0.5, 0.6) is 0 Å². The zero-order valence-electron chi connectivity index (χ0n) is 14.0. The third-order valence-corrected chi connectivity index (χ3v) is 3.84. The van der Waals surface area contributed by atoms with E-state index in [-0.39, 0.29) is 12.0 Å². The Morgan fingerprint density at radius 1 is 1.13 bits per heavy atom. The minimum absolute atomic E-state index is 0.0972. The number of nitrogens with one attached hydrogen (secondary N) is 1. The van der Waals surface area contributed by atoms with E-state index >= 15 is 0 Å². The van der Waals surface area contributed by atoms with Crippen molar-refractivity contribution in [2.24, 2.45) is 5.92 Å². The molecule has 0 spiro atoms. The second-order valence-corrected chi connectivity index (χ2v) is 6.18. The summed E-state index contributed by atoms with van der Waals surface area (Å²) in [5, 5.41) is 2.87. The number of carbonyl (C=O) groups is 2. The Kier molecular flexibility index (Phi) is 5.98. The SMILES string of the molecule is COC(=O)c1ccc(NC(=O)N2CCN(CC(C)C)CC2)cc1. The van der Waals surface area contributed by atoms with Gasteiger partial charge >= 0.3 is 12.0 Å². The molecular formula is C17H25N3O3. The van der Waals surface area contributed by atoms with Gasteiger partial charge in [0.15, 0.2) is 0 Å². The van der Waals surface area contributed by atoms with Crippen molar-refractivity contribution in [3.05, 3.63) is 29.8 Å². The summed E-state index contributed by atoms with van der Waals surface area (Å²) in [6.45, 7) is 8.77. The van der Waals surface area contributed by atoms with Crippen LogP contribution < -0.4 is 5.32 Å². The summed E-state index contributed by atoms with van der Waals surface area (Å²) in [7, 11) is 1.34. The highest BCUT2D eigenvalue weighted by molar-refractivity contribution is 5.92. The summed E-state index contributed by atoms with van der Waals surface area (Å²) in [6.07, 6.45) is 0. The van der Waals surface area contributed by atoms with Crippen molar-refractivity contribution in [2.75, 3.05) is 45.2 Å². The number of anilines is 1. The number of carbonyl (C=O) groups excluding carboxylic acids is 2. The molecule has 126 valence electrons. The molecule has 23 heavy (non-hydrogen) atoms. The second-order valence-electron chi connectivity index (χ2n) is 6.18. The lowest BCUT2D eigenvalue weighted by Crippen LogP contribution is -2.50. The third-order valence-electron chi connectivity index (χ3n) is 3.84. The molecular weight excluding hydrogens is 294 g/mol. The van der Waals surface area contributed by atoms with Gasteiger partial charge in [-0.15, -0.1) is 0 Å². The summed E-state index contributed by atoms with van der Waals surface area (Å²) in [5.41, 5.74) is 1.14.